The Morgan fingerprint density at radius 1 is 1.21 bits per heavy atom. The maximum atomic E-state index is 5.69. The van der Waals surface area contributed by atoms with Crippen LogP contribution in [0.15, 0.2) is 18.2 Å². The van der Waals surface area contributed by atoms with Gasteiger partial charge in [-0.15, -0.1) is 0 Å². The van der Waals surface area contributed by atoms with Crippen LogP contribution in [0.3, 0.4) is 0 Å². The molecule has 0 bridgehead atoms. The van der Waals surface area contributed by atoms with Crippen LogP contribution in [0.4, 0.5) is 0 Å². The molecule has 3 N–H and O–H groups in total. The number of ether oxygens (including phenoxy) is 2. The zero-order valence-corrected chi connectivity index (χ0v) is 12.6. The molecule has 0 aromatic heterocycles. The number of benzene rings is 1. The van der Waals surface area contributed by atoms with Gasteiger partial charge >= 0.3 is 0 Å². The Labute approximate surface area is 116 Å². The number of nitrogens with two attached hydrogens (primary N) is 1. The van der Waals surface area contributed by atoms with Gasteiger partial charge in [0.15, 0.2) is 0 Å². The van der Waals surface area contributed by atoms with Gasteiger partial charge < -0.3 is 9.47 Å². The zero-order chi connectivity index (χ0) is 14.5. The lowest BCUT2D eigenvalue weighted by atomic mass is 9.87. The van der Waals surface area contributed by atoms with Gasteiger partial charge in [-0.05, 0) is 24.3 Å². The summed E-state index contributed by atoms with van der Waals surface area (Å²) < 4.78 is 10.6. The zero-order valence-electron chi connectivity index (χ0n) is 12.6. The van der Waals surface area contributed by atoms with Crippen molar-refractivity contribution >= 4 is 0 Å². The van der Waals surface area contributed by atoms with Crippen molar-refractivity contribution in [2.24, 2.45) is 11.3 Å². The van der Waals surface area contributed by atoms with Gasteiger partial charge in [0.1, 0.15) is 11.5 Å². The first-order chi connectivity index (χ1) is 8.91. The standard InChI is InChI=1S/C15H26N2O2/c1-15(2,3)9-8-13(17-16)12-7-6-11(18-4)10-14(12)19-5/h6-7,10,13,17H,8-9,16H2,1-5H3. The van der Waals surface area contributed by atoms with Gasteiger partial charge in [-0.1, -0.05) is 26.8 Å². The molecule has 4 nitrogen and oxygen atoms in total. The highest BCUT2D eigenvalue weighted by Crippen LogP contribution is 2.33. The average molecular weight is 266 g/mol. The Hall–Kier alpha value is -1.26. The van der Waals surface area contributed by atoms with Crippen molar-refractivity contribution in [3.8, 4) is 11.5 Å². The minimum absolute atomic E-state index is 0.0834. The first kappa shape index (κ1) is 15.8. The lowest BCUT2D eigenvalue weighted by Crippen LogP contribution is -2.29. The molecule has 0 saturated heterocycles. The smallest absolute Gasteiger partial charge is 0.127 e. The molecule has 0 aliphatic carbocycles. The highest BCUT2D eigenvalue weighted by molar-refractivity contribution is 5.42. The van der Waals surface area contributed by atoms with E-state index in [-0.39, 0.29) is 11.5 Å². The van der Waals surface area contributed by atoms with E-state index in [1.807, 2.05) is 18.2 Å². The van der Waals surface area contributed by atoms with E-state index in [2.05, 4.69) is 26.2 Å². The first-order valence-corrected chi connectivity index (χ1v) is 6.59. The largest absolute Gasteiger partial charge is 0.497 e. The van der Waals surface area contributed by atoms with Crippen LogP contribution in [-0.4, -0.2) is 14.2 Å². The van der Waals surface area contributed by atoms with Crippen LogP contribution in [0.1, 0.15) is 45.2 Å². The Morgan fingerprint density at radius 3 is 2.37 bits per heavy atom. The van der Waals surface area contributed by atoms with E-state index in [4.69, 9.17) is 15.3 Å². The number of rotatable bonds is 6. The molecule has 108 valence electrons. The van der Waals surface area contributed by atoms with Crippen molar-refractivity contribution in [2.75, 3.05) is 14.2 Å². The number of nitrogens with one attached hydrogen (secondary N) is 1. The summed E-state index contributed by atoms with van der Waals surface area (Å²) in [7, 11) is 3.31. The van der Waals surface area contributed by atoms with Gasteiger partial charge in [0.25, 0.3) is 0 Å². The second kappa shape index (κ2) is 6.78. The SMILES string of the molecule is COc1ccc(C(CCC(C)(C)C)NN)c(OC)c1. The van der Waals surface area contributed by atoms with Crippen molar-refractivity contribution in [1.82, 2.24) is 5.43 Å². The molecule has 1 rings (SSSR count). The maximum Gasteiger partial charge on any atom is 0.127 e. The van der Waals surface area contributed by atoms with Crippen LogP contribution in [0.5, 0.6) is 11.5 Å². The maximum absolute atomic E-state index is 5.69. The fourth-order valence-electron chi connectivity index (χ4n) is 2.01. The Balaban J connectivity index is 2.91. The summed E-state index contributed by atoms with van der Waals surface area (Å²) in [6, 6.07) is 5.90. The quantitative estimate of drug-likeness (QED) is 0.614. The fraction of sp³-hybridized carbons (Fsp3) is 0.600. The average Bonchev–Trinajstić information content (AvgIpc) is 2.38. The molecule has 0 heterocycles. The second-order valence-corrected chi connectivity index (χ2v) is 5.93. The molecular formula is C15H26N2O2. The monoisotopic (exact) mass is 266 g/mol. The summed E-state index contributed by atoms with van der Waals surface area (Å²) in [5.41, 5.74) is 4.23. The van der Waals surface area contributed by atoms with Gasteiger partial charge in [0, 0.05) is 17.7 Å². The van der Waals surface area contributed by atoms with Crippen molar-refractivity contribution in [1.29, 1.82) is 0 Å². The molecule has 0 aliphatic heterocycles. The summed E-state index contributed by atoms with van der Waals surface area (Å²) in [6.45, 7) is 6.68. The number of hydrogen-bond acceptors (Lipinski definition) is 4. The number of hydrogen-bond donors (Lipinski definition) is 2. The fourth-order valence-corrected chi connectivity index (χ4v) is 2.01. The Morgan fingerprint density at radius 2 is 1.89 bits per heavy atom. The van der Waals surface area contributed by atoms with Crippen LogP contribution in [-0.2, 0) is 0 Å². The van der Waals surface area contributed by atoms with E-state index in [1.165, 1.54) is 0 Å². The number of methoxy groups -OCH3 is 2. The molecule has 0 amide bonds. The van der Waals surface area contributed by atoms with E-state index >= 15 is 0 Å². The van der Waals surface area contributed by atoms with Crippen molar-refractivity contribution < 1.29 is 9.47 Å². The lowest BCUT2D eigenvalue weighted by Gasteiger charge is -2.24. The molecule has 0 aliphatic rings. The third-order valence-corrected chi connectivity index (χ3v) is 3.20. The normalized spacial score (nSPS) is 13.2. The van der Waals surface area contributed by atoms with Crippen molar-refractivity contribution in [2.45, 2.75) is 39.7 Å². The van der Waals surface area contributed by atoms with E-state index < -0.39 is 0 Å². The summed E-state index contributed by atoms with van der Waals surface area (Å²) in [6.07, 6.45) is 2.04. The van der Waals surface area contributed by atoms with E-state index in [0.29, 0.717) is 0 Å². The lowest BCUT2D eigenvalue weighted by molar-refractivity contribution is 0.326. The minimum Gasteiger partial charge on any atom is -0.497 e. The molecule has 0 spiro atoms. The number of hydrazine groups is 1. The molecule has 1 atom stereocenters. The van der Waals surface area contributed by atoms with Crippen molar-refractivity contribution in [3.63, 3.8) is 0 Å². The summed E-state index contributed by atoms with van der Waals surface area (Å²) in [4.78, 5) is 0. The third kappa shape index (κ3) is 4.73. The molecule has 1 aromatic carbocycles. The second-order valence-electron chi connectivity index (χ2n) is 5.93. The Bertz CT molecular complexity index is 400. The minimum atomic E-state index is 0.0834. The summed E-state index contributed by atoms with van der Waals surface area (Å²) >= 11 is 0. The van der Waals surface area contributed by atoms with Crippen LogP contribution in [0.2, 0.25) is 0 Å². The summed E-state index contributed by atoms with van der Waals surface area (Å²) in [5, 5.41) is 0. The molecule has 0 saturated carbocycles. The van der Waals surface area contributed by atoms with Gasteiger partial charge in [-0.3, -0.25) is 11.3 Å². The van der Waals surface area contributed by atoms with E-state index in [9.17, 15) is 0 Å². The van der Waals surface area contributed by atoms with Crippen LogP contribution < -0.4 is 20.7 Å². The van der Waals surface area contributed by atoms with Crippen molar-refractivity contribution in [3.05, 3.63) is 23.8 Å². The van der Waals surface area contributed by atoms with Crippen LogP contribution in [0.25, 0.3) is 0 Å². The van der Waals surface area contributed by atoms with Crippen LogP contribution >= 0.6 is 0 Å². The highest BCUT2D eigenvalue weighted by Gasteiger charge is 2.19. The summed E-state index contributed by atoms with van der Waals surface area (Å²) in [5.74, 6) is 7.28. The molecule has 0 fully saturated rings. The molecule has 0 radical (unpaired) electrons. The van der Waals surface area contributed by atoms with E-state index in [0.717, 1.165) is 29.9 Å². The van der Waals surface area contributed by atoms with E-state index in [1.54, 1.807) is 14.2 Å². The third-order valence-electron chi connectivity index (χ3n) is 3.20. The topological polar surface area (TPSA) is 56.5 Å². The van der Waals surface area contributed by atoms with Gasteiger partial charge in [0.05, 0.1) is 14.2 Å². The molecule has 1 unspecified atom stereocenters. The predicted octanol–water partition coefficient (Wildman–Crippen LogP) is 3.03. The van der Waals surface area contributed by atoms with Gasteiger partial charge in [-0.25, -0.2) is 0 Å². The van der Waals surface area contributed by atoms with Crippen LogP contribution in [0, 0.1) is 5.41 Å². The first-order valence-electron chi connectivity index (χ1n) is 6.59. The molecule has 4 heteroatoms. The highest BCUT2D eigenvalue weighted by atomic mass is 16.5. The molecule has 19 heavy (non-hydrogen) atoms. The van der Waals surface area contributed by atoms with Gasteiger partial charge in [0.2, 0.25) is 0 Å². The molecular weight excluding hydrogens is 240 g/mol. The molecule has 1 aromatic rings. The predicted molar refractivity (Wildman–Crippen MR) is 78.3 cm³/mol. The van der Waals surface area contributed by atoms with Gasteiger partial charge in [-0.2, -0.15) is 0 Å². The Kier molecular flexibility index (Phi) is 5.63.